The number of halogens is 1. The number of rotatable bonds is 15. The molecule has 0 aliphatic carbocycles. The second-order valence-corrected chi connectivity index (χ2v) is 10.4. The number of benzene rings is 1. The maximum Gasteiger partial charge on any atom is 0.510 e. The van der Waals surface area contributed by atoms with E-state index in [1.165, 1.54) is 0 Å². The minimum absolute atomic E-state index is 0.192. The standard InChI is InChI=1S/C23H30FN2O13P/c1-22(31,26-9-8-18(27)25-20(26)29)19(28)23(13-24,33-2)14-37-40(32,36-10-16-6-4-3-5-7-16)38-15-35-21(30)39-17-11-34-12-17/h3-9,17,19,28,31H,10-15H2,1-2H3,(H,25,27,29)/t19-,22+,23+,40?/m0/s1. The molecule has 17 heteroatoms. The van der Waals surface area contributed by atoms with Crippen LogP contribution in [0.25, 0.3) is 0 Å². The van der Waals surface area contributed by atoms with Gasteiger partial charge in [0.1, 0.15) is 12.8 Å². The van der Waals surface area contributed by atoms with Gasteiger partial charge in [-0.1, -0.05) is 30.3 Å². The molecule has 3 N–H and O–H groups in total. The predicted octanol–water partition coefficient (Wildman–Crippen LogP) is 0.785. The molecular weight excluding hydrogens is 562 g/mol. The average molecular weight is 592 g/mol. The lowest BCUT2D eigenvalue weighted by Gasteiger charge is -2.42. The smallest absolute Gasteiger partial charge is 0.426 e. The fourth-order valence-corrected chi connectivity index (χ4v) is 4.53. The summed E-state index contributed by atoms with van der Waals surface area (Å²) in [6, 6.07) is 9.28. The predicted molar refractivity (Wildman–Crippen MR) is 132 cm³/mol. The zero-order valence-electron chi connectivity index (χ0n) is 21.6. The highest BCUT2D eigenvalue weighted by Gasteiger charge is 2.51. The molecule has 1 aromatic heterocycles. The maximum atomic E-state index is 14.4. The first-order valence-electron chi connectivity index (χ1n) is 11.8. The fraction of sp³-hybridized carbons (Fsp3) is 0.522. The van der Waals surface area contributed by atoms with Crippen molar-refractivity contribution in [2.24, 2.45) is 0 Å². The Morgan fingerprint density at radius 1 is 1.23 bits per heavy atom. The van der Waals surface area contributed by atoms with Crippen molar-refractivity contribution in [3.8, 4) is 0 Å². The van der Waals surface area contributed by atoms with E-state index in [0.717, 1.165) is 26.3 Å². The molecule has 0 radical (unpaired) electrons. The van der Waals surface area contributed by atoms with Gasteiger partial charge in [0.2, 0.25) is 6.79 Å². The van der Waals surface area contributed by atoms with Crippen molar-refractivity contribution >= 4 is 14.0 Å². The second-order valence-electron chi connectivity index (χ2n) is 8.78. The maximum absolute atomic E-state index is 14.4. The number of phosphoric acid groups is 1. The Hall–Kier alpha value is -2.95. The highest BCUT2D eigenvalue weighted by atomic mass is 31.2. The van der Waals surface area contributed by atoms with Crippen LogP contribution in [0.1, 0.15) is 12.5 Å². The van der Waals surface area contributed by atoms with Gasteiger partial charge in [-0.2, -0.15) is 0 Å². The van der Waals surface area contributed by atoms with Crippen molar-refractivity contribution in [1.82, 2.24) is 9.55 Å². The second kappa shape index (κ2) is 13.6. The number of hydrogen-bond donors (Lipinski definition) is 3. The molecule has 1 aliphatic heterocycles. The van der Waals surface area contributed by atoms with Crippen LogP contribution in [0, 0.1) is 0 Å². The molecule has 2 aromatic rings. The van der Waals surface area contributed by atoms with E-state index >= 15 is 0 Å². The molecule has 1 fully saturated rings. The van der Waals surface area contributed by atoms with E-state index in [1.54, 1.807) is 30.3 Å². The lowest BCUT2D eigenvalue weighted by molar-refractivity contribution is -0.227. The number of phosphoric ester groups is 1. The molecule has 0 spiro atoms. The van der Waals surface area contributed by atoms with Gasteiger partial charge in [0.25, 0.3) is 5.56 Å². The number of aliphatic hydroxyl groups excluding tert-OH is 1. The Kier molecular flexibility index (Phi) is 10.7. The Labute approximate surface area is 226 Å². The molecule has 0 bridgehead atoms. The minimum Gasteiger partial charge on any atom is -0.426 e. The van der Waals surface area contributed by atoms with Crippen molar-refractivity contribution in [3.05, 3.63) is 69.0 Å². The Morgan fingerprint density at radius 3 is 2.50 bits per heavy atom. The number of carbonyl (C=O) groups is 1. The quantitative estimate of drug-likeness (QED) is 0.149. The zero-order valence-corrected chi connectivity index (χ0v) is 22.5. The number of H-pyrrole nitrogens is 1. The van der Waals surface area contributed by atoms with Crippen LogP contribution < -0.4 is 11.2 Å². The molecule has 3 rings (SSSR count). The first-order chi connectivity index (χ1) is 18.9. The molecule has 1 saturated heterocycles. The first-order valence-corrected chi connectivity index (χ1v) is 13.2. The highest BCUT2D eigenvalue weighted by molar-refractivity contribution is 7.48. The lowest BCUT2D eigenvalue weighted by atomic mass is 9.90. The molecule has 0 saturated carbocycles. The van der Waals surface area contributed by atoms with Crippen molar-refractivity contribution in [3.63, 3.8) is 0 Å². The van der Waals surface area contributed by atoms with Crippen LogP contribution in [0.3, 0.4) is 0 Å². The van der Waals surface area contributed by atoms with Crippen LogP contribution in [-0.4, -0.2) is 84.1 Å². The molecule has 4 atom stereocenters. The van der Waals surface area contributed by atoms with Crippen molar-refractivity contribution in [2.45, 2.75) is 37.1 Å². The summed E-state index contributed by atoms with van der Waals surface area (Å²) < 4.78 is 63.7. The van der Waals surface area contributed by atoms with Crippen molar-refractivity contribution in [1.29, 1.82) is 0 Å². The van der Waals surface area contributed by atoms with E-state index in [2.05, 4.69) is 0 Å². The summed E-state index contributed by atoms with van der Waals surface area (Å²) in [5.74, 6) is 0. The number of hydrogen-bond acceptors (Lipinski definition) is 13. The Morgan fingerprint density at radius 2 is 1.93 bits per heavy atom. The lowest BCUT2D eigenvalue weighted by Crippen LogP contribution is -2.62. The molecular formula is C23H30FN2O13P. The highest BCUT2D eigenvalue weighted by Crippen LogP contribution is 2.51. The largest absolute Gasteiger partial charge is 0.510 e. The molecule has 15 nitrogen and oxygen atoms in total. The van der Waals surface area contributed by atoms with Gasteiger partial charge in [0.15, 0.2) is 17.4 Å². The number of nitrogens with one attached hydrogen (secondary N) is 1. The summed E-state index contributed by atoms with van der Waals surface area (Å²) in [6.07, 6.45) is -3.01. The third-order valence-electron chi connectivity index (χ3n) is 5.92. The summed E-state index contributed by atoms with van der Waals surface area (Å²) in [7, 11) is -3.71. The molecule has 40 heavy (non-hydrogen) atoms. The van der Waals surface area contributed by atoms with Gasteiger partial charge in [-0.3, -0.25) is 23.4 Å². The zero-order chi connectivity index (χ0) is 29.4. The monoisotopic (exact) mass is 592 g/mol. The van der Waals surface area contributed by atoms with Gasteiger partial charge in [-0.25, -0.2) is 23.1 Å². The van der Waals surface area contributed by atoms with Gasteiger partial charge in [-0.05, 0) is 12.5 Å². The fourth-order valence-electron chi connectivity index (χ4n) is 3.44. The summed E-state index contributed by atoms with van der Waals surface area (Å²) in [6.45, 7) is -2.51. The van der Waals surface area contributed by atoms with Crippen LogP contribution >= 0.6 is 7.82 Å². The molecule has 222 valence electrons. The molecule has 1 aliphatic rings. The van der Waals surface area contributed by atoms with E-state index in [0.29, 0.717) is 10.1 Å². The van der Waals surface area contributed by atoms with Crippen LogP contribution in [-0.2, 0) is 49.4 Å². The summed E-state index contributed by atoms with van der Waals surface area (Å²) in [5, 5.41) is 22.0. The number of aromatic nitrogens is 2. The van der Waals surface area contributed by atoms with Crippen molar-refractivity contribution < 1.29 is 56.5 Å². The van der Waals surface area contributed by atoms with Crippen LogP contribution in [0.2, 0.25) is 0 Å². The van der Waals surface area contributed by atoms with Crippen LogP contribution in [0.5, 0.6) is 0 Å². The number of aliphatic hydroxyl groups is 2. The van der Waals surface area contributed by atoms with Gasteiger partial charge in [-0.15, -0.1) is 0 Å². The number of methoxy groups -OCH3 is 1. The van der Waals surface area contributed by atoms with Gasteiger partial charge < -0.3 is 29.2 Å². The molecule has 1 aromatic carbocycles. The normalized spacial score (nSPS) is 18.9. The van der Waals surface area contributed by atoms with E-state index in [9.17, 15) is 33.6 Å². The average Bonchev–Trinajstić information content (AvgIpc) is 2.91. The SMILES string of the molecule is CO[C@](CF)(COP(=O)(OCOC(=O)OC1COC1)OCc1ccccc1)[C@@H](O)[C@@](C)(O)n1ccc(=O)[nH]c1=O. The van der Waals surface area contributed by atoms with Crippen LogP contribution in [0.4, 0.5) is 9.18 Å². The van der Waals surface area contributed by atoms with Gasteiger partial charge in [0.05, 0.1) is 26.4 Å². The first kappa shape index (κ1) is 31.6. The van der Waals surface area contributed by atoms with Crippen LogP contribution in [0.15, 0.2) is 52.2 Å². The van der Waals surface area contributed by atoms with E-state index in [-0.39, 0.29) is 19.8 Å². The van der Waals surface area contributed by atoms with E-state index in [4.69, 9.17) is 32.5 Å². The topological polar surface area (TPSA) is 194 Å². The third kappa shape index (κ3) is 7.83. The molecule has 0 amide bonds. The van der Waals surface area contributed by atoms with Crippen molar-refractivity contribution in [2.75, 3.05) is 40.4 Å². The number of alkyl halides is 1. The molecule has 2 heterocycles. The van der Waals surface area contributed by atoms with Gasteiger partial charge in [0, 0.05) is 19.4 Å². The Balaban J connectivity index is 1.77. The third-order valence-corrected chi connectivity index (χ3v) is 7.23. The summed E-state index contributed by atoms with van der Waals surface area (Å²) >= 11 is 0. The molecule has 1 unspecified atom stereocenters. The Bertz CT molecular complexity index is 1280. The van der Waals surface area contributed by atoms with Gasteiger partial charge >= 0.3 is 19.7 Å². The minimum atomic E-state index is -4.68. The number of nitrogens with zero attached hydrogens (tertiary/aromatic N) is 1. The van der Waals surface area contributed by atoms with E-state index in [1.807, 2.05) is 4.98 Å². The summed E-state index contributed by atoms with van der Waals surface area (Å²) in [5.41, 5.74) is -6.36. The van der Waals surface area contributed by atoms with E-state index < -0.39 is 68.8 Å². The number of carbonyl (C=O) groups excluding carboxylic acids is 1. The number of ether oxygens (including phenoxy) is 4. The number of aromatic amines is 1. The summed E-state index contributed by atoms with van der Waals surface area (Å²) in [4.78, 5) is 37.3.